The van der Waals surface area contributed by atoms with Crippen LogP contribution in [0.3, 0.4) is 0 Å². The van der Waals surface area contributed by atoms with E-state index < -0.39 is 24.5 Å². The van der Waals surface area contributed by atoms with Gasteiger partial charge in [0.15, 0.2) is 17.7 Å². The molecule has 0 radical (unpaired) electrons. The van der Waals surface area contributed by atoms with Gasteiger partial charge in [-0.2, -0.15) is 0 Å². The fraction of sp³-hybridized carbons (Fsp3) is 0.538. The summed E-state index contributed by atoms with van der Waals surface area (Å²) in [7, 11) is 1.93. The Morgan fingerprint density at radius 2 is 1.87 bits per heavy atom. The second kappa shape index (κ2) is 11.6. The molecule has 12 heteroatoms. The molecule has 4 unspecified atom stereocenters. The molecule has 4 rings (SSSR count). The Morgan fingerprint density at radius 3 is 2.58 bits per heavy atom. The Bertz CT molecular complexity index is 1230. The molecule has 1 saturated heterocycles. The normalized spacial score (nSPS) is 21.8. The number of fused-ring (bicyclic) bond motifs is 1. The van der Waals surface area contributed by atoms with Crippen molar-refractivity contribution in [3.05, 3.63) is 42.5 Å². The highest BCUT2D eigenvalue weighted by Gasteiger charge is 2.44. The van der Waals surface area contributed by atoms with Crippen molar-refractivity contribution in [2.24, 2.45) is 0 Å². The van der Waals surface area contributed by atoms with Gasteiger partial charge < -0.3 is 36.2 Å². The lowest BCUT2D eigenvalue weighted by Crippen LogP contribution is -2.39. The van der Waals surface area contributed by atoms with Crippen LogP contribution in [0, 0.1) is 0 Å². The van der Waals surface area contributed by atoms with Gasteiger partial charge in [0.2, 0.25) is 0 Å². The third kappa shape index (κ3) is 6.38. The third-order valence-electron chi connectivity index (χ3n) is 6.75. The van der Waals surface area contributed by atoms with Crippen LogP contribution in [0.5, 0.6) is 0 Å². The number of hydrogen-bond donors (Lipinski definition) is 5. The fourth-order valence-corrected chi connectivity index (χ4v) is 4.50. The van der Waals surface area contributed by atoms with Crippen molar-refractivity contribution in [2.75, 3.05) is 37.7 Å². The van der Waals surface area contributed by atoms with Crippen molar-refractivity contribution in [1.82, 2.24) is 29.7 Å². The van der Waals surface area contributed by atoms with Crippen LogP contribution >= 0.6 is 0 Å². The van der Waals surface area contributed by atoms with Crippen LogP contribution < -0.4 is 16.4 Å². The molecule has 0 saturated carbocycles. The molecule has 2 amide bonds. The first-order chi connectivity index (χ1) is 18.0. The number of aliphatic hydroxyl groups excluding tert-OH is 2. The molecule has 12 nitrogen and oxygen atoms in total. The van der Waals surface area contributed by atoms with E-state index in [1.54, 1.807) is 4.57 Å². The van der Waals surface area contributed by atoms with Gasteiger partial charge in [0.1, 0.15) is 30.2 Å². The van der Waals surface area contributed by atoms with Gasteiger partial charge >= 0.3 is 6.03 Å². The van der Waals surface area contributed by atoms with Gasteiger partial charge in [-0.25, -0.2) is 19.7 Å². The Hall–Kier alpha value is -3.32. The van der Waals surface area contributed by atoms with Crippen LogP contribution in [-0.2, 0) is 10.2 Å². The van der Waals surface area contributed by atoms with E-state index in [9.17, 15) is 15.0 Å². The number of anilines is 2. The molecule has 3 aromatic rings. The van der Waals surface area contributed by atoms with Gasteiger partial charge in [-0.1, -0.05) is 32.9 Å². The summed E-state index contributed by atoms with van der Waals surface area (Å²) in [6, 6.07) is 7.64. The quantitative estimate of drug-likeness (QED) is 0.262. The Labute approximate surface area is 222 Å². The molecule has 1 aliphatic heterocycles. The first-order valence-corrected chi connectivity index (χ1v) is 12.8. The average molecular weight is 527 g/mol. The summed E-state index contributed by atoms with van der Waals surface area (Å²) in [5.41, 5.74) is 8.73. The molecule has 0 spiro atoms. The molecule has 0 bridgehead atoms. The lowest BCUT2D eigenvalue weighted by atomic mass is 9.87. The molecule has 38 heavy (non-hydrogen) atoms. The van der Waals surface area contributed by atoms with E-state index in [2.05, 4.69) is 46.4 Å². The van der Waals surface area contributed by atoms with E-state index in [4.69, 9.17) is 10.5 Å². The number of nitrogen functional groups attached to an aromatic ring is 1. The smallest absolute Gasteiger partial charge is 0.319 e. The summed E-state index contributed by atoms with van der Waals surface area (Å²) in [4.78, 5) is 26.5. The summed E-state index contributed by atoms with van der Waals surface area (Å²) in [5.74, 6) is 0.236. The van der Waals surface area contributed by atoms with Crippen molar-refractivity contribution in [1.29, 1.82) is 0 Å². The number of rotatable bonds is 9. The largest absolute Gasteiger partial charge is 0.387 e. The zero-order chi connectivity index (χ0) is 27.4. The van der Waals surface area contributed by atoms with Crippen molar-refractivity contribution in [3.63, 3.8) is 0 Å². The minimum atomic E-state index is -1.14. The number of likely N-dealkylation sites (N-methyl/N-ethyl adjacent to an activating group) is 1. The first-order valence-electron chi connectivity index (χ1n) is 12.8. The van der Waals surface area contributed by atoms with Crippen LogP contribution in [0.1, 0.15) is 45.4 Å². The zero-order valence-corrected chi connectivity index (χ0v) is 22.3. The van der Waals surface area contributed by atoms with E-state index in [1.165, 1.54) is 18.2 Å². The van der Waals surface area contributed by atoms with Gasteiger partial charge in [-0.05, 0) is 49.5 Å². The maximum atomic E-state index is 12.2. The van der Waals surface area contributed by atoms with Crippen LogP contribution in [0.15, 0.2) is 36.9 Å². The number of benzene rings is 1. The average Bonchev–Trinajstić information content (AvgIpc) is 3.41. The summed E-state index contributed by atoms with van der Waals surface area (Å²) in [6.45, 7) is 8.16. The van der Waals surface area contributed by atoms with E-state index in [-0.39, 0.29) is 17.3 Å². The van der Waals surface area contributed by atoms with Gasteiger partial charge in [-0.3, -0.25) is 4.57 Å². The number of carbonyl (C=O) groups is 1. The van der Waals surface area contributed by atoms with Crippen LogP contribution in [0.25, 0.3) is 11.2 Å². The van der Waals surface area contributed by atoms with Gasteiger partial charge in [0, 0.05) is 18.8 Å². The highest BCUT2D eigenvalue weighted by Crippen LogP contribution is 2.32. The number of amides is 2. The number of nitrogens with two attached hydrogens (primary N) is 1. The van der Waals surface area contributed by atoms with E-state index in [1.807, 2.05) is 36.2 Å². The Kier molecular flexibility index (Phi) is 8.46. The number of aliphatic hydroxyl groups is 2. The minimum absolute atomic E-state index is 0.0663. The number of unbranched alkanes of at least 4 members (excludes halogenated alkanes) is 1. The number of urea groups is 1. The molecule has 0 aliphatic carbocycles. The molecule has 2 aromatic heterocycles. The lowest BCUT2D eigenvalue weighted by Gasteiger charge is -2.22. The highest BCUT2D eigenvalue weighted by atomic mass is 16.6. The zero-order valence-electron chi connectivity index (χ0n) is 22.3. The van der Waals surface area contributed by atoms with Crippen molar-refractivity contribution < 1.29 is 19.7 Å². The number of hydrogen-bond acceptors (Lipinski definition) is 9. The van der Waals surface area contributed by atoms with E-state index >= 15 is 0 Å². The molecule has 1 aromatic carbocycles. The SMILES string of the molecule is CN(CCCCNC(=O)Nc1ccc(C(C)(C)C)cc1)CC1OC(n2cnc3c(N)ncnc32)C(O)C1O. The molecule has 206 valence electrons. The third-order valence-corrected chi connectivity index (χ3v) is 6.75. The Morgan fingerprint density at radius 1 is 1.13 bits per heavy atom. The molecular weight excluding hydrogens is 488 g/mol. The van der Waals surface area contributed by atoms with E-state index in [0.29, 0.717) is 24.3 Å². The van der Waals surface area contributed by atoms with E-state index in [0.717, 1.165) is 25.1 Å². The topological polar surface area (TPSA) is 164 Å². The molecule has 1 fully saturated rings. The summed E-state index contributed by atoms with van der Waals surface area (Å²) >= 11 is 0. The second-order valence-electron chi connectivity index (χ2n) is 10.8. The number of imidazole rings is 1. The summed E-state index contributed by atoms with van der Waals surface area (Å²) in [6.07, 6.45) is 0.793. The molecule has 4 atom stereocenters. The second-order valence-corrected chi connectivity index (χ2v) is 10.8. The highest BCUT2D eigenvalue weighted by molar-refractivity contribution is 5.89. The molecule has 3 heterocycles. The molecule has 6 N–H and O–H groups in total. The van der Waals surface area contributed by atoms with Crippen molar-refractivity contribution >= 4 is 28.7 Å². The summed E-state index contributed by atoms with van der Waals surface area (Å²) < 4.78 is 7.57. The number of nitrogens with one attached hydrogen (secondary N) is 2. The van der Waals surface area contributed by atoms with Gasteiger partial charge in [0.05, 0.1) is 6.33 Å². The number of ether oxygens (including phenoxy) is 1. The number of aromatic nitrogens is 4. The molecule has 1 aliphatic rings. The lowest BCUT2D eigenvalue weighted by molar-refractivity contribution is -0.0422. The van der Waals surface area contributed by atoms with Crippen LogP contribution in [0.4, 0.5) is 16.3 Å². The standard InChI is InChI=1S/C26H38N8O4/c1-26(2,3)16-7-9-17(10-8-16)32-25(37)28-11-5-6-12-33(4)13-18-20(35)21(36)24(38-18)34-15-31-19-22(27)29-14-30-23(19)34/h7-10,14-15,18,20-21,24,35-36H,5-6,11-13H2,1-4H3,(H2,27,29,30)(H2,28,32,37). The maximum Gasteiger partial charge on any atom is 0.319 e. The molecular formula is C26H38N8O4. The number of nitrogens with zero attached hydrogens (tertiary/aromatic N) is 5. The van der Waals surface area contributed by atoms with Crippen LogP contribution in [-0.4, -0.2) is 85.7 Å². The van der Waals surface area contributed by atoms with Crippen molar-refractivity contribution in [3.8, 4) is 0 Å². The Balaban J connectivity index is 1.17. The summed E-state index contributed by atoms with van der Waals surface area (Å²) in [5, 5.41) is 27.0. The minimum Gasteiger partial charge on any atom is -0.387 e. The van der Waals surface area contributed by atoms with Crippen molar-refractivity contribution in [2.45, 2.75) is 63.6 Å². The first kappa shape index (κ1) is 27.7. The predicted octanol–water partition coefficient (Wildman–Crippen LogP) is 1.86. The fourth-order valence-electron chi connectivity index (χ4n) is 4.50. The van der Waals surface area contributed by atoms with Gasteiger partial charge in [0.25, 0.3) is 0 Å². The predicted molar refractivity (Wildman–Crippen MR) is 145 cm³/mol. The maximum absolute atomic E-state index is 12.2. The van der Waals surface area contributed by atoms with Crippen LogP contribution in [0.2, 0.25) is 0 Å². The number of carbonyl (C=O) groups excluding carboxylic acids is 1. The monoisotopic (exact) mass is 526 g/mol. The van der Waals surface area contributed by atoms with Gasteiger partial charge in [-0.15, -0.1) is 0 Å².